The van der Waals surface area contributed by atoms with Crippen LogP contribution in [-0.2, 0) is 24.2 Å². The molecule has 0 fully saturated rings. The van der Waals surface area contributed by atoms with Gasteiger partial charge in [0.1, 0.15) is 0 Å². The van der Waals surface area contributed by atoms with E-state index >= 15 is 0 Å². The van der Waals surface area contributed by atoms with E-state index in [1.54, 1.807) is 24.2 Å². The molecule has 0 saturated carbocycles. The Hall–Kier alpha value is 0.753. The first kappa shape index (κ1) is 4.75. The van der Waals surface area contributed by atoms with Crippen LogP contribution in [0.15, 0.2) is 0 Å². The van der Waals surface area contributed by atoms with Gasteiger partial charge in [0.2, 0.25) is 0 Å². The second-order valence-electron chi connectivity index (χ2n) is 1.00. The second kappa shape index (κ2) is 2.02. The third-order valence-corrected chi connectivity index (χ3v) is 0. The molecule has 4 heavy (non-hydrogen) atoms. The minimum atomic E-state index is 1.51. The van der Waals surface area contributed by atoms with Crippen LogP contribution in [0.5, 0.6) is 0 Å². The van der Waals surface area contributed by atoms with E-state index in [9.17, 15) is 0 Å². The van der Waals surface area contributed by atoms with Crippen LogP contribution in [0.3, 0.4) is 0 Å². The Morgan fingerprint density at radius 2 is 1.50 bits per heavy atom. The molecule has 0 aromatic rings. The summed E-state index contributed by atoms with van der Waals surface area (Å²) >= 11 is 1.55. The molecule has 0 heterocycles. The molecule has 0 radical (unpaired) electrons. The predicted molar refractivity (Wildman–Crippen MR) is 16.4 cm³/mol. The average Bonchev–Trinajstić information content (AvgIpc) is 0.811. The number of rotatable bonds is 0. The van der Waals surface area contributed by atoms with Gasteiger partial charge >= 0.3 is 41.3 Å². The molecule has 0 aliphatic heterocycles. The molecule has 0 saturated heterocycles. The summed E-state index contributed by atoms with van der Waals surface area (Å²) in [5.41, 5.74) is 0. The topological polar surface area (TPSA) is 0 Å². The molecule has 0 spiro atoms. The van der Waals surface area contributed by atoms with Crippen LogP contribution in [-0.4, -0.2) is 3.21 Å². The molecule has 0 rings (SSSR count). The normalized spacial score (nSPS) is 7.00. The van der Waals surface area contributed by atoms with Crippen LogP contribution in [0.25, 0.3) is 0 Å². The fourth-order valence-corrected chi connectivity index (χ4v) is 0. The number of hydrogen-bond acceptors (Lipinski definition) is 0. The maximum absolute atomic E-state index is 2.12. The van der Waals surface area contributed by atoms with Crippen molar-refractivity contribution in [3.05, 3.63) is 0 Å². The molecule has 0 aromatic carbocycles. The summed E-state index contributed by atoms with van der Waals surface area (Å²) in [5.74, 6) is 0. The van der Waals surface area contributed by atoms with Crippen molar-refractivity contribution in [2.45, 2.75) is 13.8 Å². The zero-order valence-electron chi connectivity index (χ0n) is 3.00. The van der Waals surface area contributed by atoms with Gasteiger partial charge in [-0.05, 0) is 0 Å². The van der Waals surface area contributed by atoms with Crippen LogP contribution in [0.1, 0.15) is 13.8 Å². The van der Waals surface area contributed by atoms with Crippen molar-refractivity contribution < 1.29 is 24.2 Å². The van der Waals surface area contributed by atoms with E-state index in [0.29, 0.717) is 0 Å². The Morgan fingerprint density at radius 1 is 1.50 bits per heavy atom. The maximum atomic E-state index is 2.12. The van der Waals surface area contributed by atoms with Crippen LogP contribution >= 0.6 is 0 Å². The van der Waals surface area contributed by atoms with Crippen LogP contribution in [0, 0.1) is 0 Å². The van der Waals surface area contributed by atoms with Gasteiger partial charge in [-0.15, -0.1) is 0 Å². The SMILES string of the molecule is C[C](C)=[Zr+2]. The first-order chi connectivity index (χ1) is 1.73. The van der Waals surface area contributed by atoms with E-state index in [2.05, 4.69) is 13.8 Å². The first-order valence-corrected chi connectivity index (χ1v) is 2.48. The Balaban J connectivity index is 2.80. The second-order valence-corrected chi connectivity index (χ2v) is 3.46. The van der Waals surface area contributed by atoms with Crippen molar-refractivity contribution in [1.29, 1.82) is 0 Å². The molecule has 0 amide bonds. The molecule has 0 atom stereocenters. The zero-order chi connectivity index (χ0) is 3.58. The third kappa shape index (κ3) is 14.9. The van der Waals surface area contributed by atoms with Crippen molar-refractivity contribution in [2.75, 3.05) is 0 Å². The Morgan fingerprint density at radius 3 is 1.50 bits per heavy atom. The monoisotopic (exact) mass is 132 g/mol. The molecule has 0 bridgehead atoms. The quantitative estimate of drug-likeness (QED) is 0.457. The van der Waals surface area contributed by atoms with E-state index in [1.807, 2.05) is 0 Å². The predicted octanol–water partition coefficient (Wildman–Crippen LogP) is 0.745. The number of hydrogen-bond donors (Lipinski definition) is 0. The summed E-state index contributed by atoms with van der Waals surface area (Å²) in [5, 5.41) is 0. The van der Waals surface area contributed by atoms with Crippen molar-refractivity contribution in [2.24, 2.45) is 0 Å². The fraction of sp³-hybridized carbons (Fsp3) is 0.667. The van der Waals surface area contributed by atoms with E-state index in [1.165, 1.54) is 3.21 Å². The molecular weight excluding hydrogens is 127 g/mol. The van der Waals surface area contributed by atoms with Gasteiger partial charge in [0, 0.05) is 0 Å². The summed E-state index contributed by atoms with van der Waals surface area (Å²) in [6.07, 6.45) is 0. The van der Waals surface area contributed by atoms with Gasteiger partial charge < -0.3 is 0 Å². The van der Waals surface area contributed by atoms with Gasteiger partial charge in [0.15, 0.2) is 0 Å². The van der Waals surface area contributed by atoms with Crippen molar-refractivity contribution in [3.8, 4) is 0 Å². The van der Waals surface area contributed by atoms with E-state index in [0.717, 1.165) is 0 Å². The summed E-state index contributed by atoms with van der Waals surface area (Å²) < 4.78 is 1.51. The molecule has 0 aromatic heterocycles. The summed E-state index contributed by atoms with van der Waals surface area (Å²) in [7, 11) is 0. The Kier molecular flexibility index (Phi) is 2.40. The van der Waals surface area contributed by atoms with Gasteiger partial charge in [-0.2, -0.15) is 0 Å². The Labute approximate surface area is 41.5 Å². The molecule has 0 nitrogen and oxygen atoms in total. The van der Waals surface area contributed by atoms with Gasteiger partial charge in [-0.1, -0.05) is 0 Å². The van der Waals surface area contributed by atoms with Gasteiger partial charge in [0.05, 0.1) is 0 Å². The van der Waals surface area contributed by atoms with E-state index in [4.69, 9.17) is 0 Å². The Bertz CT molecular complexity index is 26.3. The van der Waals surface area contributed by atoms with Gasteiger partial charge in [-0.25, -0.2) is 0 Å². The molecule has 0 aliphatic carbocycles. The zero-order valence-corrected chi connectivity index (χ0v) is 5.46. The van der Waals surface area contributed by atoms with Crippen LogP contribution < -0.4 is 0 Å². The summed E-state index contributed by atoms with van der Waals surface area (Å²) in [6.45, 7) is 4.25. The summed E-state index contributed by atoms with van der Waals surface area (Å²) in [4.78, 5) is 0. The van der Waals surface area contributed by atoms with Gasteiger partial charge in [0.25, 0.3) is 0 Å². The standard InChI is InChI=1S/C3H6.Zr/c1-3-2;/h1-2H3;/q;+2. The average molecular weight is 133 g/mol. The minimum absolute atomic E-state index is 1.51. The first-order valence-electron chi connectivity index (χ1n) is 1.25. The summed E-state index contributed by atoms with van der Waals surface area (Å²) in [6, 6.07) is 0. The van der Waals surface area contributed by atoms with Crippen molar-refractivity contribution in [3.63, 3.8) is 0 Å². The van der Waals surface area contributed by atoms with Crippen molar-refractivity contribution in [1.82, 2.24) is 0 Å². The molecule has 0 N–H and O–H groups in total. The van der Waals surface area contributed by atoms with Gasteiger partial charge in [-0.3, -0.25) is 0 Å². The molecule has 0 unspecified atom stereocenters. The van der Waals surface area contributed by atoms with Crippen LogP contribution in [0.2, 0.25) is 0 Å². The fourth-order valence-electron chi connectivity index (χ4n) is 0. The molecule has 0 aliphatic rings. The van der Waals surface area contributed by atoms with Crippen LogP contribution in [0.4, 0.5) is 0 Å². The molecule has 20 valence electrons. The van der Waals surface area contributed by atoms with E-state index < -0.39 is 0 Å². The molecular formula is C3H6Zr+2. The van der Waals surface area contributed by atoms with Crippen molar-refractivity contribution >= 4 is 3.21 Å². The van der Waals surface area contributed by atoms with E-state index in [-0.39, 0.29) is 0 Å². The molecule has 1 heteroatoms. The third-order valence-electron chi connectivity index (χ3n) is 0.